The molecule has 1 amide bonds. The van der Waals surface area contributed by atoms with E-state index in [0.29, 0.717) is 4.47 Å². The van der Waals surface area contributed by atoms with Crippen LogP contribution in [0.2, 0.25) is 0 Å². The fourth-order valence-electron chi connectivity index (χ4n) is 1.66. The molecule has 0 aliphatic carbocycles. The molecule has 0 heterocycles. The third kappa shape index (κ3) is 4.25. The average Bonchev–Trinajstić information content (AvgIpc) is 2.33. The van der Waals surface area contributed by atoms with E-state index >= 15 is 0 Å². The maximum absolute atomic E-state index is 12.2. The predicted octanol–water partition coefficient (Wildman–Crippen LogP) is 2.59. The number of nitro groups is 1. The Labute approximate surface area is 129 Å². The van der Waals surface area contributed by atoms with Gasteiger partial charge in [-0.25, -0.2) is 4.79 Å². The van der Waals surface area contributed by atoms with Crippen molar-refractivity contribution >= 4 is 33.5 Å². The standard InChI is InChI=1S/C13H15BrN2O5/c1-13(2,3)10(12(18)19)15-11(17)8-6-7(16(20)21)4-5-9(8)14/h4-6,10H,1-3H3,(H,15,17)(H,18,19)/t10-/m1/s1. The summed E-state index contributed by atoms with van der Waals surface area (Å²) in [5, 5.41) is 22.3. The molecule has 1 rings (SSSR count). The molecular formula is C13H15BrN2O5. The van der Waals surface area contributed by atoms with E-state index in [4.69, 9.17) is 0 Å². The number of aliphatic carboxylic acids is 1. The first-order valence-corrected chi connectivity index (χ1v) is 6.81. The van der Waals surface area contributed by atoms with Crippen molar-refractivity contribution in [2.45, 2.75) is 26.8 Å². The third-order valence-electron chi connectivity index (χ3n) is 2.79. The molecular weight excluding hydrogens is 344 g/mol. The molecule has 0 saturated heterocycles. The Hall–Kier alpha value is -1.96. The van der Waals surface area contributed by atoms with Gasteiger partial charge in [0.25, 0.3) is 11.6 Å². The Morgan fingerprint density at radius 2 is 1.95 bits per heavy atom. The molecule has 0 bridgehead atoms. The SMILES string of the molecule is CC(C)(C)[C@H](NC(=O)c1cc([N+](=O)[O-])ccc1Br)C(=O)O. The molecule has 7 nitrogen and oxygen atoms in total. The number of nitro benzene ring substituents is 1. The van der Waals surface area contributed by atoms with Crippen molar-refractivity contribution in [2.24, 2.45) is 5.41 Å². The minimum atomic E-state index is -1.17. The highest BCUT2D eigenvalue weighted by molar-refractivity contribution is 9.10. The molecule has 0 saturated carbocycles. The molecule has 1 atom stereocenters. The molecule has 114 valence electrons. The third-order valence-corrected chi connectivity index (χ3v) is 3.49. The molecule has 1 aromatic carbocycles. The molecule has 0 aliphatic rings. The van der Waals surface area contributed by atoms with Gasteiger partial charge in [-0.3, -0.25) is 14.9 Å². The Bertz CT molecular complexity index is 595. The topological polar surface area (TPSA) is 110 Å². The van der Waals surface area contributed by atoms with Crippen LogP contribution in [0, 0.1) is 15.5 Å². The summed E-state index contributed by atoms with van der Waals surface area (Å²) < 4.78 is 0.351. The van der Waals surface area contributed by atoms with Gasteiger partial charge in [0.2, 0.25) is 0 Å². The van der Waals surface area contributed by atoms with Crippen LogP contribution in [0.15, 0.2) is 22.7 Å². The lowest BCUT2D eigenvalue weighted by molar-refractivity contribution is -0.384. The Morgan fingerprint density at radius 3 is 2.38 bits per heavy atom. The lowest BCUT2D eigenvalue weighted by Gasteiger charge is -2.27. The quantitative estimate of drug-likeness (QED) is 0.634. The number of carboxylic acid groups (broad SMARTS) is 1. The van der Waals surface area contributed by atoms with Crippen LogP contribution in [0.5, 0.6) is 0 Å². The van der Waals surface area contributed by atoms with Gasteiger partial charge in [0, 0.05) is 16.6 Å². The van der Waals surface area contributed by atoms with Gasteiger partial charge >= 0.3 is 5.97 Å². The van der Waals surface area contributed by atoms with Gasteiger partial charge in [0.15, 0.2) is 0 Å². The van der Waals surface area contributed by atoms with Crippen LogP contribution >= 0.6 is 15.9 Å². The summed E-state index contributed by atoms with van der Waals surface area (Å²) in [6.07, 6.45) is 0. The van der Waals surface area contributed by atoms with Crippen LogP contribution in [0.4, 0.5) is 5.69 Å². The van der Waals surface area contributed by atoms with Crippen molar-refractivity contribution in [3.05, 3.63) is 38.3 Å². The van der Waals surface area contributed by atoms with Crippen molar-refractivity contribution in [3.63, 3.8) is 0 Å². The number of halogens is 1. The number of nitrogens with zero attached hydrogens (tertiary/aromatic N) is 1. The van der Waals surface area contributed by atoms with Gasteiger partial charge in [-0.2, -0.15) is 0 Å². The van der Waals surface area contributed by atoms with E-state index in [-0.39, 0.29) is 11.3 Å². The summed E-state index contributed by atoms with van der Waals surface area (Å²) >= 11 is 3.13. The molecule has 21 heavy (non-hydrogen) atoms. The fourth-order valence-corrected chi connectivity index (χ4v) is 2.09. The van der Waals surface area contributed by atoms with Gasteiger partial charge in [-0.05, 0) is 27.4 Å². The summed E-state index contributed by atoms with van der Waals surface area (Å²) in [5.41, 5.74) is -0.931. The highest BCUT2D eigenvalue weighted by Gasteiger charge is 2.33. The average molecular weight is 359 g/mol. The van der Waals surface area contributed by atoms with Gasteiger partial charge in [-0.15, -0.1) is 0 Å². The van der Waals surface area contributed by atoms with Crippen LogP contribution in [0.3, 0.4) is 0 Å². The van der Waals surface area contributed by atoms with Crippen LogP contribution in [0.25, 0.3) is 0 Å². The number of carboxylic acids is 1. The first kappa shape index (κ1) is 17.1. The fraction of sp³-hybridized carbons (Fsp3) is 0.385. The molecule has 0 fully saturated rings. The second kappa shape index (κ2) is 6.21. The number of non-ortho nitro benzene ring substituents is 1. The van der Waals surface area contributed by atoms with E-state index in [0.717, 1.165) is 6.07 Å². The van der Waals surface area contributed by atoms with E-state index in [9.17, 15) is 24.8 Å². The first-order chi connectivity index (χ1) is 9.54. The van der Waals surface area contributed by atoms with Gasteiger partial charge in [0.1, 0.15) is 6.04 Å². The normalized spacial score (nSPS) is 12.6. The van der Waals surface area contributed by atoms with Crippen molar-refractivity contribution in [1.29, 1.82) is 0 Å². The first-order valence-electron chi connectivity index (χ1n) is 6.01. The number of carbonyl (C=O) groups is 2. The van der Waals surface area contributed by atoms with E-state index in [1.807, 2.05) is 0 Å². The van der Waals surface area contributed by atoms with Crippen molar-refractivity contribution in [3.8, 4) is 0 Å². The van der Waals surface area contributed by atoms with Crippen LogP contribution in [0.1, 0.15) is 31.1 Å². The molecule has 0 aromatic heterocycles. The van der Waals surface area contributed by atoms with Crippen molar-refractivity contribution in [1.82, 2.24) is 5.32 Å². The van der Waals surface area contributed by atoms with Crippen molar-refractivity contribution < 1.29 is 19.6 Å². The minimum Gasteiger partial charge on any atom is -0.480 e. The Morgan fingerprint density at radius 1 is 1.38 bits per heavy atom. The minimum absolute atomic E-state index is 0.0136. The molecule has 0 unspecified atom stereocenters. The predicted molar refractivity (Wildman–Crippen MR) is 79.1 cm³/mol. The lowest BCUT2D eigenvalue weighted by Crippen LogP contribution is -2.49. The number of carbonyl (C=O) groups excluding carboxylic acids is 1. The highest BCUT2D eigenvalue weighted by Crippen LogP contribution is 2.24. The zero-order valence-electron chi connectivity index (χ0n) is 11.7. The summed E-state index contributed by atoms with van der Waals surface area (Å²) in [5.74, 6) is -1.86. The number of nitrogens with one attached hydrogen (secondary N) is 1. The molecule has 0 spiro atoms. The number of hydrogen-bond donors (Lipinski definition) is 2. The van der Waals surface area contributed by atoms with Crippen LogP contribution in [-0.4, -0.2) is 27.9 Å². The van der Waals surface area contributed by atoms with Crippen LogP contribution in [-0.2, 0) is 4.79 Å². The molecule has 2 N–H and O–H groups in total. The van der Waals surface area contributed by atoms with E-state index in [1.165, 1.54) is 12.1 Å². The zero-order valence-corrected chi connectivity index (χ0v) is 13.3. The largest absolute Gasteiger partial charge is 0.480 e. The maximum atomic E-state index is 12.2. The molecule has 0 aliphatic heterocycles. The van der Waals surface area contributed by atoms with Crippen LogP contribution < -0.4 is 5.32 Å². The smallest absolute Gasteiger partial charge is 0.326 e. The second-order valence-corrected chi connectivity index (χ2v) is 6.39. The summed E-state index contributed by atoms with van der Waals surface area (Å²) in [4.78, 5) is 33.5. The number of rotatable bonds is 4. The Kier molecular flexibility index (Phi) is 5.06. The summed E-state index contributed by atoms with van der Waals surface area (Å²) in [6, 6.07) is 2.61. The molecule has 0 radical (unpaired) electrons. The second-order valence-electron chi connectivity index (χ2n) is 5.53. The molecule has 1 aromatic rings. The summed E-state index contributed by atoms with van der Waals surface area (Å²) in [6.45, 7) is 5.03. The number of benzene rings is 1. The van der Waals surface area contributed by atoms with Gasteiger partial charge in [0.05, 0.1) is 10.5 Å². The number of hydrogen-bond acceptors (Lipinski definition) is 4. The summed E-state index contributed by atoms with van der Waals surface area (Å²) in [7, 11) is 0. The lowest BCUT2D eigenvalue weighted by atomic mass is 9.86. The van der Waals surface area contributed by atoms with E-state index in [1.54, 1.807) is 20.8 Å². The monoisotopic (exact) mass is 358 g/mol. The van der Waals surface area contributed by atoms with Gasteiger partial charge in [-0.1, -0.05) is 20.8 Å². The maximum Gasteiger partial charge on any atom is 0.326 e. The van der Waals surface area contributed by atoms with Crippen molar-refractivity contribution in [2.75, 3.05) is 0 Å². The highest BCUT2D eigenvalue weighted by atomic mass is 79.9. The van der Waals surface area contributed by atoms with Gasteiger partial charge < -0.3 is 10.4 Å². The zero-order chi connectivity index (χ0) is 16.4. The Balaban J connectivity index is 3.11. The molecule has 8 heteroatoms. The van der Waals surface area contributed by atoms with E-state index < -0.39 is 28.3 Å². The van der Waals surface area contributed by atoms with E-state index in [2.05, 4.69) is 21.2 Å². The number of amides is 1.